The van der Waals surface area contributed by atoms with Gasteiger partial charge in [-0.1, -0.05) is 54.6 Å². The lowest BCUT2D eigenvalue weighted by Crippen LogP contribution is -2.33. The van der Waals surface area contributed by atoms with Crippen molar-refractivity contribution in [1.29, 1.82) is 0 Å². The van der Waals surface area contributed by atoms with Crippen LogP contribution >= 0.6 is 0 Å². The average molecular weight is 444 g/mol. The highest BCUT2D eigenvalue weighted by Crippen LogP contribution is 2.31. The van der Waals surface area contributed by atoms with Gasteiger partial charge in [0.1, 0.15) is 11.3 Å². The van der Waals surface area contributed by atoms with Gasteiger partial charge in [-0.25, -0.2) is 9.59 Å². The van der Waals surface area contributed by atoms with Crippen LogP contribution < -0.4 is 10.4 Å². The van der Waals surface area contributed by atoms with Gasteiger partial charge in [0.05, 0.1) is 20.3 Å². The van der Waals surface area contributed by atoms with Crippen molar-refractivity contribution in [2.24, 2.45) is 0 Å². The van der Waals surface area contributed by atoms with Gasteiger partial charge in [0.15, 0.2) is 0 Å². The molecule has 6 heteroatoms. The molecule has 6 nitrogen and oxygen atoms in total. The first-order valence-electron chi connectivity index (χ1n) is 10.5. The van der Waals surface area contributed by atoms with E-state index in [1.807, 2.05) is 67.6 Å². The van der Waals surface area contributed by atoms with E-state index >= 15 is 0 Å². The topological polar surface area (TPSA) is 75.0 Å². The number of ether oxygens (including phenoxy) is 3. The summed E-state index contributed by atoms with van der Waals surface area (Å²) in [4.78, 5) is 24.5. The lowest BCUT2D eigenvalue weighted by Gasteiger charge is -2.17. The maximum Gasteiger partial charge on any atom is 0.349 e. The second-order valence-electron chi connectivity index (χ2n) is 7.58. The van der Waals surface area contributed by atoms with Gasteiger partial charge in [-0.2, -0.15) is 0 Å². The van der Waals surface area contributed by atoms with E-state index < -0.39 is 17.7 Å². The molecule has 0 fully saturated rings. The molecule has 0 aliphatic rings. The van der Waals surface area contributed by atoms with Crippen LogP contribution in [0.1, 0.15) is 11.1 Å². The molecule has 1 unspecified atom stereocenters. The standard InChI is InChI=1S/C27H24O6/c1-18-8-6-7-11-21(18)23-15-26(28)33-24-14-20(12-13-22(23)24)32-25(27(29)30-2)17-31-16-19-9-4-3-5-10-19/h3-15,25H,16-17H2,1-2H3. The molecule has 1 aromatic heterocycles. The molecule has 1 atom stereocenters. The number of methoxy groups -OCH3 is 1. The Morgan fingerprint density at radius 2 is 1.70 bits per heavy atom. The molecule has 0 radical (unpaired) electrons. The Morgan fingerprint density at radius 1 is 0.939 bits per heavy atom. The molecular weight excluding hydrogens is 420 g/mol. The maximum absolute atomic E-state index is 12.3. The zero-order chi connectivity index (χ0) is 23.2. The van der Waals surface area contributed by atoms with E-state index in [2.05, 4.69) is 0 Å². The molecular formula is C27H24O6. The summed E-state index contributed by atoms with van der Waals surface area (Å²) in [7, 11) is 1.30. The van der Waals surface area contributed by atoms with Crippen LogP contribution in [-0.4, -0.2) is 25.8 Å². The number of carbonyl (C=O) groups excluding carboxylic acids is 1. The molecule has 0 aliphatic heterocycles. The molecule has 0 bridgehead atoms. The molecule has 0 saturated heterocycles. The van der Waals surface area contributed by atoms with Gasteiger partial charge >= 0.3 is 11.6 Å². The first-order valence-corrected chi connectivity index (χ1v) is 10.5. The van der Waals surface area contributed by atoms with E-state index in [1.165, 1.54) is 13.2 Å². The first-order chi connectivity index (χ1) is 16.0. The van der Waals surface area contributed by atoms with Gasteiger partial charge in [0.2, 0.25) is 6.10 Å². The fourth-order valence-electron chi connectivity index (χ4n) is 3.62. The highest BCUT2D eigenvalue weighted by Gasteiger charge is 2.22. The molecule has 3 aromatic carbocycles. The van der Waals surface area contributed by atoms with Crippen LogP contribution in [0.4, 0.5) is 0 Å². The van der Waals surface area contributed by atoms with Crippen molar-refractivity contribution in [2.45, 2.75) is 19.6 Å². The predicted octanol–water partition coefficient (Wildman–Crippen LogP) is 4.91. The number of hydrogen-bond acceptors (Lipinski definition) is 6. The summed E-state index contributed by atoms with van der Waals surface area (Å²) >= 11 is 0. The maximum atomic E-state index is 12.3. The largest absolute Gasteiger partial charge is 0.476 e. The van der Waals surface area contributed by atoms with E-state index in [9.17, 15) is 9.59 Å². The van der Waals surface area contributed by atoms with Crippen LogP contribution in [0.3, 0.4) is 0 Å². The number of esters is 1. The predicted molar refractivity (Wildman–Crippen MR) is 125 cm³/mol. The van der Waals surface area contributed by atoms with Gasteiger partial charge in [-0.15, -0.1) is 0 Å². The lowest BCUT2D eigenvalue weighted by atomic mass is 9.98. The Balaban J connectivity index is 1.58. The van der Waals surface area contributed by atoms with Crippen molar-refractivity contribution in [3.05, 3.63) is 100 Å². The molecule has 0 N–H and O–H groups in total. The second kappa shape index (κ2) is 10.1. The molecule has 4 aromatic rings. The van der Waals surface area contributed by atoms with Crippen LogP contribution in [0.2, 0.25) is 0 Å². The van der Waals surface area contributed by atoms with Crippen molar-refractivity contribution in [2.75, 3.05) is 13.7 Å². The molecule has 0 saturated carbocycles. The zero-order valence-electron chi connectivity index (χ0n) is 18.4. The van der Waals surface area contributed by atoms with E-state index in [-0.39, 0.29) is 6.61 Å². The minimum Gasteiger partial charge on any atom is -0.476 e. The quantitative estimate of drug-likeness (QED) is 0.284. The minimum atomic E-state index is -0.970. The number of rotatable bonds is 8. The average Bonchev–Trinajstić information content (AvgIpc) is 2.83. The number of benzene rings is 3. The third kappa shape index (κ3) is 5.30. The van der Waals surface area contributed by atoms with Crippen molar-refractivity contribution >= 4 is 16.9 Å². The summed E-state index contributed by atoms with van der Waals surface area (Å²) in [5.41, 5.74) is 3.66. The summed E-state index contributed by atoms with van der Waals surface area (Å²) < 4.78 is 21.8. The molecule has 0 amide bonds. The van der Waals surface area contributed by atoms with Crippen LogP contribution in [0, 0.1) is 6.92 Å². The highest BCUT2D eigenvalue weighted by atomic mass is 16.6. The van der Waals surface area contributed by atoms with Gasteiger partial charge in [0, 0.05) is 23.1 Å². The van der Waals surface area contributed by atoms with Crippen LogP contribution in [-0.2, 0) is 20.9 Å². The van der Waals surface area contributed by atoms with E-state index in [0.29, 0.717) is 17.9 Å². The molecule has 4 rings (SSSR count). The summed E-state index contributed by atoms with van der Waals surface area (Å²) in [5.74, 6) is -0.190. The summed E-state index contributed by atoms with van der Waals surface area (Å²) in [5, 5.41) is 0.770. The molecule has 0 aliphatic carbocycles. The molecule has 33 heavy (non-hydrogen) atoms. The van der Waals surface area contributed by atoms with Gasteiger partial charge < -0.3 is 18.6 Å². The van der Waals surface area contributed by atoms with Crippen molar-refractivity contribution in [1.82, 2.24) is 0 Å². The number of carbonyl (C=O) groups is 1. The second-order valence-corrected chi connectivity index (χ2v) is 7.58. The van der Waals surface area contributed by atoms with Gasteiger partial charge in [-0.3, -0.25) is 0 Å². The van der Waals surface area contributed by atoms with Crippen LogP contribution in [0.25, 0.3) is 22.1 Å². The molecule has 1 heterocycles. The third-order valence-corrected chi connectivity index (χ3v) is 5.27. The smallest absolute Gasteiger partial charge is 0.349 e. The van der Waals surface area contributed by atoms with Crippen LogP contribution in [0.5, 0.6) is 5.75 Å². The number of fused-ring (bicyclic) bond motifs is 1. The Morgan fingerprint density at radius 3 is 2.45 bits per heavy atom. The zero-order valence-corrected chi connectivity index (χ0v) is 18.4. The highest BCUT2D eigenvalue weighted by molar-refractivity contribution is 5.94. The first kappa shape index (κ1) is 22.3. The third-order valence-electron chi connectivity index (χ3n) is 5.27. The fraction of sp³-hybridized carbons (Fsp3) is 0.185. The van der Waals surface area contributed by atoms with Crippen LogP contribution in [0.15, 0.2) is 88.1 Å². The fourth-order valence-corrected chi connectivity index (χ4v) is 3.62. The van der Waals surface area contributed by atoms with Crippen molar-refractivity contribution in [3.63, 3.8) is 0 Å². The minimum absolute atomic E-state index is 0.00675. The van der Waals surface area contributed by atoms with E-state index in [1.54, 1.807) is 12.1 Å². The summed E-state index contributed by atoms with van der Waals surface area (Å²) in [6.45, 7) is 2.33. The van der Waals surface area contributed by atoms with Gasteiger partial charge in [-0.05, 0) is 35.7 Å². The lowest BCUT2D eigenvalue weighted by molar-refractivity contribution is -0.152. The molecule has 0 spiro atoms. The summed E-state index contributed by atoms with van der Waals surface area (Å²) in [6, 6.07) is 24.1. The van der Waals surface area contributed by atoms with Crippen molar-refractivity contribution < 1.29 is 23.4 Å². The number of hydrogen-bond donors (Lipinski definition) is 0. The Kier molecular flexibility index (Phi) is 6.86. The normalized spacial score (nSPS) is 11.8. The Labute approximate surface area is 191 Å². The Bertz CT molecular complexity index is 1310. The number of aryl methyl sites for hydroxylation is 1. The molecule has 168 valence electrons. The summed E-state index contributed by atoms with van der Waals surface area (Å²) in [6.07, 6.45) is -0.970. The van der Waals surface area contributed by atoms with Gasteiger partial charge in [0.25, 0.3) is 0 Å². The van der Waals surface area contributed by atoms with E-state index in [4.69, 9.17) is 18.6 Å². The van der Waals surface area contributed by atoms with Crippen molar-refractivity contribution in [3.8, 4) is 16.9 Å². The SMILES string of the molecule is COC(=O)C(COCc1ccccc1)Oc1ccc2c(-c3ccccc3C)cc(=O)oc2c1. The van der Waals surface area contributed by atoms with E-state index in [0.717, 1.165) is 27.6 Å². The monoisotopic (exact) mass is 444 g/mol. The Hall–Kier alpha value is -3.90.